The molecule has 23 heavy (non-hydrogen) atoms. The van der Waals surface area contributed by atoms with Gasteiger partial charge < -0.3 is 15.2 Å². The molecular weight excluding hydrogens is 302 g/mol. The largest absolute Gasteiger partial charge is 0.435 e. The molecule has 0 bridgehead atoms. The highest BCUT2D eigenvalue weighted by Gasteiger charge is 2.10. The molecule has 2 aromatic rings. The first kappa shape index (κ1) is 16.9. The number of nitriles is 1. The Bertz CT molecular complexity index is 686. The van der Waals surface area contributed by atoms with E-state index in [4.69, 9.17) is 5.26 Å². The maximum Gasteiger partial charge on any atom is 0.387 e. The van der Waals surface area contributed by atoms with Gasteiger partial charge in [0.05, 0.1) is 17.7 Å². The number of rotatable bonds is 7. The number of benzene rings is 2. The van der Waals surface area contributed by atoms with E-state index in [-0.39, 0.29) is 12.3 Å². The molecule has 1 unspecified atom stereocenters. The van der Waals surface area contributed by atoms with E-state index in [1.807, 2.05) is 6.07 Å². The van der Waals surface area contributed by atoms with Crippen molar-refractivity contribution in [2.45, 2.75) is 19.3 Å². The van der Waals surface area contributed by atoms with Crippen molar-refractivity contribution in [1.29, 1.82) is 5.26 Å². The molecule has 0 aliphatic rings. The summed E-state index contributed by atoms with van der Waals surface area (Å²) in [7, 11) is 0. The number of ether oxygens (including phenoxy) is 1. The maximum atomic E-state index is 12.2. The van der Waals surface area contributed by atoms with Gasteiger partial charge in [-0.3, -0.25) is 0 Å². The van der Waals surface area contributed by atoms with Crippen molar-refractivity contribution in [3.05, 3.63) is 65.2 Å². The Morgan fingerprint density at radius 2 is 1.96 bits per heavy atom. The highest BCUT2D eigenvalue weighted by Crippen LogP contribution is 2.20. The normalized spacial score (nSPS) is 12.0. The fourth-order valence-corrected chi connectivity index (χ4v) is 2.12. The fourth-order valence-electron chi connectivity index (χ4n) is 2.12. The summed E-state index contributed by atoms with van der Waals surface area (Å²) in [5.74, 6) is 0.0123. The predicted molar refractivity (Wildman–Crippen MR) is 80.9 cm³/mol. The van der Waals surface area contributed by atoms with Gasteiger partial charge >= 0.3 is 6.61 Å². The molecule has 4 nitrogen and oxygen atoms in total. The maximum absolute atomic E-state index is 12.2. The van der Waals surface area contributed by atoms with E-state index in [1.54, 1.807) is 30.3 Å². The second-order valence-electron chi connectivity index (χ2n) is 4.91. The average molecular weight is 318 g/mol. The lowest BCUT2D eigenvalue weighted by atomic mass is 10.1. The summed E-state index contributed by atoms with van der Waals surface area (Å²) >= 11 is 0. The summed E-state index contributed by atoms with van der Waals surface area (Å²) in [6.07, 6.45) is -0.852. The molecule has 0 saturated heterocycles. The zero-order chi connectivity index (χ0) is 16.7. The summed E-state index contributed by atoms with van der Waals surface area (Å²) in [6.45, 7) is -2.16. The molecule has 6 heteroatoms. The van der Waals surface area contributed by atoms with Crippen LogP contribution in [0.3, 0.4) is 0 Å². The SMILES string of the molecule is N#Cc1cccc(CNCC(O)c2cccc(OC(F)F)c2)c1. The van der Waals surface area contributed by atoms with E-state index in [2.05, 4.69) is 16.1 Å². The molecule has 0 amide bonds. The number of aliphatic hydroxyl groups is 1. The van der Waals surface area contributed by atoms with Crippen molar-refractivity contribution in [1.82, 2.24) is 5.32 Å². The van der Waals surface area contributed by atoms with Crippen LogP contribution in [0.25, 0.3) is 0 Å². The summed E-state index contributed by atoms with van der Waals surface area (Å²) < 4.78 is 28.7. The third kappa shape index (κ3) is 5.33. The quantitative estimate of drug-likeness (QED) is 0.824. The van der Waals surface area contributed by atoms with E-state index in [0.29, 0.717) is 17.7 Å². The van der Waals surface area contributed by atoms with Gasteiger partial charge in [0.25, 0.3) is 0 Å². The average Bonchev–Trinajstić information content (AvgIpc) is 2.54. The van der Waals surface area contributed by atoms with Crippen LogP contribution in [0.4, 0.5) is 8.78 Å². The minimum absolute atomic E-state index is 0.0123. The molecule has 0 aromatic heterocycles. The van der Waals surface area contributed by atoms with Gasteiger partial charge in [0.15, 0.2) is 0 Å². The van der Waals surface area contributed by atoms with Crippen molar-refractivity contribution in [3.8, 4) is 11.8 Å². The number of halogens is 2. The third-order valence-corrected chi connectivity index (χ3v) is 3.19. The Kier molecular flexibility index (Phi) is 6.03. The molecule has 0 saturated carbocycles. The summed E-state index contributed by atoms with van der Waals surface area (Å²) in [5, 5.41) is 22.0. The van der Waals surface area contributed by atoms with Crippen molar-refractivity contribution in [3.63, 3.8) is 0 Å². The first-order valence-electron chi connectivity index (χ1n) is 7.01. The van der Waals surface area contributed by atoms with E-state index >= 15 is 0 Å². The van der Waals surface area contributed by atoms with Gasteiger partial charge in [-0.2, -0.15) is 14.0 Å². The second kappa shape index (κ2) is 8.22. The first-order valence-corrected chi connectivity index (χ1v) is 7.01. The fraction of sp³-hybridized carbons (Fsp3) is 0.235. The molecule has 120 valence electrons. The molecular formula is C17H16F2N2O2. The molecule has 1 atom stereocenters. The molecule has 2 aromatic carbocycles. The number of alkyl halides is 2. The number of hydrogen-bond donors (Lipinski definition) is 2. The van der Waals surface area contributed by atoms with Crippen LogP contribution >= 0.6 is 0 Å². The van der Waals surface area contributed by atoms with Crippen LogP contribution in [0.2, 0.25) is 0 Å². The summed E-state index contributed by atoms with van der Waals surface area (Å²) in [6, 6.07) is 15.2. The van der Waals surface area contributed by atoms with Crippen LogP contribution in [0, 0.1) is 11.3 Å². The minimum Gasteiger partial charge on any atom is -0.435 e. The smallest absolute Gasteiger partial charge is 0.387 e. The first-order chi connectivity index (χ1) is 11.1. The van der Waals surface area contributed by atoms with Crippen molar-refractivity contribution in [2.75, 3.05) is 6.54 Å². The predicted octanol–water partition coefficient (Wildman–Crippen LogP) is 2.98. The van der Waals surface area contributed by atoms with Crippen LogP contribution in [-0.4, -0.2) is 18.3 Å². The topological polar surface area (TPSA) is 65.3 Å². The Morgan fingerprint density at radius 3 is 2.70 bits per heavy atom. The van der Waals surface area contributed by atoms with Crippen molar-refractivity contribution in [2.24, 2.45) is 0 Å². The van der Waals surface area contributed by atoms with Gasteiger partial charge in [-0.25, -0.2) is 0 Å². The number of nitrogens with zero attached hydrogens (tertiary/aromatic N) is 1. The molecule has 2 N–H and O–H groups in total. The molecule has 0 heterocycles. The van der Waals surface area contributed by atoms with Gasteiger partial charge in [0.1, 0.15) is 5.75 Å². The molecule has 0 aliphatic carbocycles. The van der Waals surface area contributed by atoms with Gasteiger partial charge in [0, 0.05) is 13.1 Å². The van der Waals surface area contributed by atoms with E-state index in [9.17, 15) is 13.9 Å². The lowest BCUT2D eigenvalue weighted by Crippen LogP contribution is -2.21. The van der Waals surface area contributed by atoms with Crippen LogP contribution < -0.4 is 10.1 Å². The third-order valence-electron chi connectivity index (χ3n) is 3.19. The molecule has 0 aliphatic heterocycles. The molecule has 0 radical (unpaired) electrons. The van der Waals surface area contributed by atoms with Gasteiger partial charge in [-0.05, 0) is 35.4 Å². The zero-order valence-corrected chi connectivity index (χ0v) is 12.2. The number of nitrogens with one attached hydrogen (secondary N) is 1. The van der Waals surface area contributed by atoms with Crippen LogP contribution in [-0.2, 0) is 6.54 Å². The Hall–Kier alpha value is -2.49. The van der Waals surface area contributed by atoms with Gasteiger partial charge in [-0.1, -0.05) is 24.3 Å². The standard InChI is InChI=1S/C17H16F2N2O2/c18-17(19)23-15-6-2-5-14(8-15)16(22)11-21-10-13-4-1-3-12(7-13)9-20/h1-8,16-17,21-22H,10-11H2. The van der Waals surface area contributed by atoms with Crippen LogP contribution in [0.15, 0.2) is 48.5 Å². The second-order valence-corrected chi connectivity index (χ2v) is 4.91. The Balaban J connectivity index is 1.89. The highest BCUT2D eigenvalue weighted by atomic mass is 19.3. The number of aliphatic hydroxyl groups excluding tert-OH is 1. The lowest BCUT2D eigenvalue weighted by Gasteiger charge is -2.14. The Labute approximate surface area is 132 Å². The molecule has 2 rings (SSSR count). The molecule has 0 spiro atoms. The van der Waals surface area contributed by atoms with Crippen molar-refractivity contribution >= 4 is 0 Å². The van der Waals surface area contributed by atoms with Crippen LogP contribution in [0.5, 0.6) is 5.75 Å². The lowest BCUT2D eigenvalue weighted by molar-refractivity contribution is -0.0499. The van der Waals surface area contributed by atoms with E-state index in [1.165, 1.54) is 12.1 Å². The van der Waals surface area contributed by atoms with Gasteiger partial charge in [0.2, 0.25) is 0 Å². The molecule has 0 fully saturated rings. The van der Waals surface area contributed by atoms with Gasteiger partial charge in [-0.15, -0.1) is 0 Å². The monoisotopic (exact) mass is 318 g/mol. The highest BCUT2D eigenvalue weighted by molar-refractivity contribution is 5.33. The minimum atomic E-state index is -2.90. The number of hydrogen-bond acceptors (Lipinski definition) is 4. The van der Waals surface area contributed by atoms with E-state index < -0.39 is 12.7 Å². The van der Waals surface area contributed by atoms with Crippen LogP contribution in [0.1, 0.15) is 22.8 Å². The zero-order valence-electron chi connectivity index (χ0n) is 12.2. The summed E-state index contributed by atoms with van der Waals surface area (Å²) in [4.78, 5) is 0. The van der Waals surface area contributed by atoms with Crippen molar-refractivity contribution < 1.29 is 18.6 Å². The summed E-state index contributed by atoms with van der Waals surface area (Å²) in [5.41, 5.74) is 1.98. The Morgan fingerprint density at radius 1 is 1.17 bits per heavy atom. The van der Waals surface area contributed by atoms with E-state index in [0.717, 1.165) is 5.56 Å².